The second kappa shape index (κ2) is 5.37. The van der Waals surface area contributed by atoms with Gasteiger partial charge in [0, 0.05) is 13.2 Å². The van der Waals surface area contributed by atoms with Crippen molar-refractivity contribution < 1.29 is 14.3 Å². The Bertz CT molecular complexity index is 672. The first-order chi connectivity index (χ1) is 10.1. The number of carbonyl (C=O) groups is 1. The number of anilines is 1. The summed E-state index contributed by atoms with van der Waals surface area (Å²) < 4.78 is 5.60. The highest BCUT2D eigenvalue weighted by molar-refractivity contribution is 6.05. The maximum Gasteiger partial charge on any atom is 0.343 e. The maximum atomic E-state index is 11.3. The highest BCUT2D eigenvalue weighted by Gasteiger charge is 2.23. The Hall–Kier alpha value is -2.08. The fraction of sp³-hybridized carbons (Fsp3) is 0.467. The number of nitrogens with one attached hydrogen (secondary N) is 1. The summed E-state index contributed by atoms with van der Waals surface area (Å²) in [6.07, 6.45) is 3.98. The van der Waals surface area contributed by atoms with Crippen LogP contribution in [-0.4, -0.2) is 48.1 Å². The summed E-state index contributed by atoms with van der Waals surface area (Å²) in [5.41, 5.74) is 2.17. The zero-order valence-electron chi connectivity index (χ0n) is 12.2. The molecule has 2 N–H and O–H groups in total. The molecule has 0 radical (unpaired) electrons. The predicted molar refractivity (Wildman–Crippen MR) is 80.0 cm³/mol. The lowest BCUT2D eigenvalue weighted by Crippen LogP contribution is -2.29. The van der Waals surface area contributed by atoms with Crippen molar-refractivity contribution in [3.63, 3.8) is 0 Å². The van der Waals surface area contributed by atoms with Crippen LogP contribution in [0, 0.1) is 0 Å². The topological polar surface area (TPSA) is 78.6 Å². The van der Waals surface area contributed by atoms with Crippen LogP contribution < -0.4 is 5.32 Å². The van der Waals surface area contributed by atoms with Gasteiger partial charge in [0.15, 0.2) is 5.58 Å². The highest BCUT2D eigenvalue weighted by Crippen LogP contribution is 2.33. The van der Waals surface area contributed by atoms with Crippen molar-refractivity contribution >= 4 is 23.0 Å². The monoisotopic (exact) mass is 289 g/mol. The lowest BCUT2D eigenvalue weighted by molar-refractivity contribution is 0.0699. The third-order valence-electron chi connectivity index (χ3n) is 4.18. The smallest absolute Gasteiger partial charge is 0.343 e. The normalized spacial score (nSPS) is 17.2. The van der Waals surface area contributed by atoms with Crippen molar-refractivity contribution in [2.45, 2.75) is 18.8 Å². The fourth-order valence-corrected chi connectivity index (χ4v) is 2.93. The molecule has 3 heterocycles. The van der Waals surface area contributed by atoms with Crippen molar-refractivity contribution in [1.82, 2.24) is 9.88 Å². The van der Waals surface area contributed by atoms with Crippen LogP contribution >= 0.6 is 0 Å². The second-order valence-electron chi connectivity index (χ2n) is 5.55. The first kappa shape index (κ1) is 13.9. The number of rotatable bonds is 3. The number of hydrogen-bond donors (Lipinski definition) is 2. The van der Waals surface area contributed by atoms with E-state index in [-0.39, 0.29) is 11.4 Å². The van der Waals surface area contributed by atoms with E-state index in [1.54, 1.807) is 13.2 Å². The van der Waals surface area contributed by atoms with Gasteiger partial charge in [0.25, 0.3) is 0 Å². The number of aromatic carboxylic acids is 1. The molecule has 0 atom stereocenters. The van der Waals surface area contributed by atoms with Gasteiger partial charge in [-0.1, -0.05) is 0 Å². The molecule has 0 aliphatic carbocycles. The average molecular weight is 289 g/mol. The molecule has 0 amide bonds. The minimum atomic E-state index is -1.03. The standard InChI is InChI=1S/C15H19N3O3/c1-16-14-12(15(19)20)13-11(21-14)7-10(8-17-13)9-3-5-18(2)6-4-9/h7-9,16H,3-6H2,1-2H3,(H,19,20). The first-order valence-electron chi connectivity index (χ1n) is 7.12. The summed E-state index contributed by atoms with van der Waals surface area (Å²) in [6, 6.07) is 1.94. The van der Waals surface area contributed by atoms with E-state index in [0.717, 1.165) is 31.5 Å². The average Bonchev–Trinajstić information content (AvgIpc) is 2.85. The van der Waals surface area contributed by atoms with E-state index in [2.05, 4.69) is 22.2 Å². The summed E-state index contributed by atoms with van der Waals surface area (Å²) in [4.78, 5) is 18.0. The number of carboxylic acid groups (broad SMARTS) is 1. The predicted octanol–water partition coefficient (Wildman–Crippen LogP) is 2.38. The van der Waals surface area contributed by atoms with Gasteiger partial charge in [-0.15, -0.1) is 0 Å². The van der Waals surface area contributed by atoms with E-state index in [1.807, 2.05) is 6.07 Å². The van der Waals surface area contributed by atoms with Crippen molar-refractivity contribution in [2.75, 3.05) is 32.5 Å². The Kier molecular flexibility index (Phi) is 3.55. The summed E-state index contributed by atoms with van der Waals surface area (Å²) in [5, 5.41) is 12.1. The highest BCUT2D eigenvalue weighted by atomic mass is 16.4. The Morgan fingerprint density at radius 3 is 2.81 bits per heavy atom. The molecule has 0 spiro atoms. The van der Waals surface area contributed by atoms with E-state index in [4.69, 9.17) is 4.42 Å². The Labute approximate surface area is 122 Å². The fourth-order valence-electron chi connectivity index (χ4n) is 2.93. The van der Waals surface area contributed by atoms with Gasteiger partial charge in [-0.25, -0.2) is 4.79 Å². The number of hydrogen-bond acceptors (Lipinski definition) is 5. The molecule has 0 unspecified atom stereocenters. The van der Waals surface area contributed by atoms with Crippen LogP contribution in [0.4, 0.5) is 5.88 Å². The van der Waals surface area contributed by atoms with E-state index in [1.165, 1.54) is 0 Å². The largest absolute Gasteiger partial charge is 0.477 e. The first-order valence-corrected chi connectivity index (χ1v) is 7.12. The van der Waals surface area contributed by atoms with Crippen LogP contribution in [0.3, 0.4) is 0 Å². The summed E-state index contributed by atoms with van der Waals surface area (Å²) in [6.45, 7) is 2.14. The molecule has 0 saturated carbocycles. The lowest BCUT2D eigenvalue weighted by atomic mass is 9.90. The van der Waals surface area contributed by atoms with Gasteiger partial charge in [0.1, 0.15) is 11.1 Å². The lowest BCUT2D eigenvalue weighted by Gasteiger charge is -2.28. The number of nitrogens with zero attached hydrogens (tertiary/aromatic N) is 2. The summed E-state index contributed by atoms with van der Waals surface area (Å²) in [7, 11) is 3.77. The van der Waals surface area contributed by atoms with E-state index >= 15 is 0 Å². The van der Waals surface area contributed by atoms with Crippen LogP contribution in [0.5, 0.6) is 0 Å². The van der Waals surface area contributed by atoms with Crippen LogP contribution in [0.25, 0.3) is 11.1 Å². The molecule has 0 bridgehead atoms. The number of furan rings is 1. The number of likely N-dealkylation sites (tertiary alicyclic amines) is 1. The molecule has 112 valence electrons. The van der Waals surface area contributed by atoms with Crippen molar-refractivity contribution in [2.24, 2.45) is 0 Å². The van der Waals surface area contributed by atoms with Gasteiger partial charge in [0.2, 0.25) is 5.88 Å². The summed E-state index contributed by atoms with van der Waals surface area (Å²) >= 11 is 0. The van der Waals surface area contributed by atoms with Gasteiger partial charge in [0.05, 0.1) is 0 Å². The zero-order chi connectivity index (χ0) is 15.0. The minimum absolute atomic E-state index is 0.0995. The number of pyridine rings is 1. The van der Waals surface area contributed by atoms with Gasteiger partial charge >= 0.3 is 5.97 Å². The van der Waals surface area contributed by atoms with Crippen LogP contribution in [0.1, 0.15) is 34.7 Å². The van der Waals surface area contributed by atoms with Crippen LogP contribution in [-0.2, 0) is 0 Å². The molecule has 21 heavy (non-hydrogen) atoms. The van der Waals surface area contributed by atoms with Crippen molar-refractivity contribution in [3.05, 3.63) is 23.4 Å². The maximum absolute atomic E-state index is 11.3. The molecule has 1 fully saturated rings. The van der Waals surface area contributed by atoms with Crippen molar-refractivity contribution in [3.8, 4) is 0 Å². The minimum Gasteiger partial charge on any atom is -0.477 e. The van der Waals surface area contributed by atoms with E-state index in [9.17, 15) is 9.90 Å². The molecule has 6 heteroatoms. The summed E-state index contributed by atoms with van der Waals surface area (Å²) in [5.74, 6) is -0.308. The van der Waals surface area contributed by atoms with Crippen LogP contribution in [0.15, 0.2) is 16.7 Å². The molecule has 2 aromatic rings. The Morgan fingerprint density at radius 2 is 2.19 bits per heavy atom. The van der Waals surface area contributed by atoms with Gasteiger partial charge in [-0.3, -0.25) is 4.98 Å². The second-order valence-corrected chi connectivity index (χ2v) is 5.55. The molecule has 1 saturated heterocycles. The van der Waals surface area contributed by atoms with Gasteiger partial charge in [-0.05, 0) is 50.5 Å². The van der Waals surface area contributed by atoms with Crippen LogP contribution in [0.2, 0.25) is 0 Å². The number of fused-ring (bicyclic) bond motifs is 1. The molecule has 1 aliphatic heterocycles. The number of carboxylic acids is 1. The Morgan fingerprint density at radius 1 is 1.48 bits per heavy atom. The molecule has 3 rings (SSSR count). The Balaban J connectivity index is 1.99. The molecule has 6 nitrogen and oxygen atoms in total. The van der Waals surface area contributed by atoms with Gasteiger partial charge in [-0.2, -0.15) is 0 Å². The van der Waals surface area contributed by atoms with E-state index in [0.29, 0.717) is 17.0 Å². The SMILES string of the molecule is CNc1oc2cc(C3CCN(C)CC3)cnc2c1C(=O)O. The third-order valence-corrected chi connectivity index (χ3v) is 4.18. The molecule has 2 aromatic heterocycles. The molecular weight excluding hydrogens is 270 g/mol. The zero-order valence-corrected chi connectivity index (χ0v) is 12.2. The molecule has 1 aliphatic rings. The molecular formula is C15H19N3O3. The van der Waals surface area contributed by atoms with Gasteiger partial charge < -0.3 is 19.7 Å². The number of aromatic nitrogens is 1. The molecule has 0 aromatic carbocycles. The van der Waals surface area contributed by atoms with Crippen molar-refractivity contribution in [1.29, 1.82) is 0 Å². The number of piperidine rings is 1. The quantitative estimate of drug-likeness (QED) is 0.903. The third kappa shape index (κ3) is 2.47. The van der Waals surface area contributed by atoms with E-state index < -0.39 is 5.97 Å².